The minimum absolute atomic E-state index is 0.00224. The van der Waals surface area contributed by atoms with Gasteiger partial charge in [0.05, 0.1) is 5.56 Å². The molecule has 0 aliphatic rings. The van der Waals surface area contributed by atoms with E-state index in [1.54, 1.807) is 18.2 Å². The lowest BCUT2D eigenvalue weighted by Gasteiger charge is -2.13. The molecule has 0 radical (unpaired) electrons. The van der Waals surface area contributed by atoms with Gasteiger partial charge in [-0.15, -0.1) is 0 Å². The van der Waals surface area contributed by atoms with Crippen molar-refractivity contribution in [1.82, 2.24) is 0 Å². The lowest BCUT2D eigenvalue weighted by molar-refractivity contribution is -0.137. The Balaban J connectivity index is 2.23. The van der Waals surface area contributed by atoms with Crippen LogP contribution < -0.4 is 5.32 Å². The fourth-order valence-electron chi connectivity index (χ4n) is 1.75. The summed E-state index contributed by atoms with van der Waals surface area (Å²) in [6.45, 7) is 0.191. The van der Waals surface area contributed by atoms with Gasteiger partial charge >= 0.3 is 6.18 Å². The first-order chi connectivity index (χ1) is 9.77. The molecule has 0 heterocycles. The summed E-state index contributed by atoms with van der Waals surface area (Å²) in [5.41, 5.74) is 0.0305. The molecule has 112 valence electrons. The van der Waals surface area contributed by atoms with E-state index in [0.29, 0.717) is 15.6 Å². The van der Waals surface area contributed by atoms with E-state index in [-0.39, 0.29) is 17.3 Å². The Hall–Kier alpha value is -1.10. The highest BCUT2D eigenvalue weighted by atomic mass is 35.5. The van der Waals surface area contributed by atoms with Gasteiger partial charge in [0.1, 0.15) is 0 Å². The smallest absolute Gasteiger partial charge is 0.381 e. The van der Waals surface area contributed by atoms with Crippen LogP contribution in [0.1, 0.15) is 11.1 Å². The first-order valence-electron chi connectivity index (χ1n) is 5.82. The molecule has 0 aliphatic heterocycles. The maximum atomic E-state index is 12.7. The Morgan fingerprint density at radius 1 is 0.952 bits per heavy atom. The Kier molecular flexibility index (Phi) is 4.91. The number of hydrogen-bond acceptors (Lipinski definition) is 1. The number of rotatable bonds is 3. The summed E-state index contributed by atoms with van der Waals surface area (Å²) in [4.78, 5) is 0. The van der Waals surface area contributed by atoms with Crippen molar-refractivity contribution in [2.45, 2.75) is 12.7 Å². The predicted molar refractivity (Wildman–Crippen MR) is 80.2 cm³/mol. The third-order valence-corrected chi connectivity index (χ3v) is 3.68. The molecule has 0 aromatic heterocycles. The average molecular weight is 355 g/mol. The lowest BCUT2D eigenvalue weighted by Crippen LogP contribution is -2.07. The van der Waals surface area contributed by atoms with Gasteiger partial charge in [-0.1, -0.05) is 40.9 Å². The molecule has 2 aromatic rings. The van der Waals surface area contributed by atoms with Crippen LogP contribution >= 0.6 is 34.8 Å². The van der Waals surface area contributed by atoms with Crippen molar-refractivity contribution in [2.24, 2.45) is 0 Å². The molecule has 1 N–H and O–H groups in total. The van der Waals surface area contributed by atoms with Crippen molar-refractivity contribution >= 4 is 40.5 Å². The molecule has 2 aromatic carbocycles. The fourth-order valence-corrected chi connectivity index (χ4v) is 2.51. The summed E-state index contributed by atoms with van der Waals surface area (Å²) >= 11 is 17.7. The quantitative estimate of drug-likeness (QED) is 0.684. The van der Waals surface area contributed by atoms with E-state index >= 15 is 0 Å². The van der Waals surface area contributed by atoms with E-state index in [2.05, 4.69) is 5.32 Å². The molecule has 0 saturated heterocycles. The Morgan fingerprint density at radius 3 is 2.14 bits per heavy atom. The first kappa shape index (κ1) is 16.3. The van der Waals surface area contributed by atoms with E-state index in [4.69, 9.17) is 34.8 Å². The van der Waals surface area contributed by atoms with Crippen LogP contribution in [0.15, 0.2) is 36.4 Å². The van der Waals surface area contributed by atoms with E-state index in [1.807, 2.05) is 0 Å². The molecule has 2 rings (SSSR count). The topological polar surface area (TPSA) is 12.0 Å². The summed E-state index contributed by atoms with van der Waals surface area (Å²) < 4.78 is 38.1. The molecule has 1 nitrogen and oxygen atoms in total. The number of anilines is 1. The summed E-state index contributed by atoms with van der Waals surface area (Å²) in [7, 11) is 0. The van der Waals surface area contributed by atoms with Gasteiger partial charge in [0.2, 0.25) is 0 Å². The Bertz CT molecular complexity index is 636. The molecule has 0 spiro atoms. The average Bonchev–Trinajstić information content (AvgIpc) is 2.36. The van der Waals surface area contributed by atoms with Crippen LogP contribution in [0.25, 0.3) is 0 Å². The largest absolute Gasteiger partial charge is 0.416 e. The second kappa shape index (κ2) is 6.34. The van der Waals surface area contributed by atoms with Crippen molar-refractivity contribution in [1.29, 1.82) is 0 Å². The van der Waals surface area contributed by atoms with Gasteiger partial charge in [0.25, 0.3) is 0 Å². The highest BCUT2D eigenvalue weighted by Gasteiger charge is 2.31. The summed E-state index contributed by atoms with van der Waals surface area (Å²) in [6, 6.07) is 8.26. The van der Waals surface area contributed by atoms with E-state index < -0.39 is 11.7 Å². The van der Waals surface area contributed by atoms with Crippen LogP contribution in [0, 0.1) is 0 Å². The first-order valence-corrected chi connectivity index (χ1v) is 6.95. The normalized spacial score (nSPS) is 11.5. The monoisotopic (exact) mass is 353 g/mol. The molecule has 0 bridgehead atoms. The molecule has 0 unspecified atom stereocenters. The lowest BCUT2D eigenvalue weighted by atomic mass is 10.1. The maximum Gasteiger partial charge on any atom is 0.416 e. The molecule has 21 heavy (non-hydrogen) atoms. The SMILES string of the molecule is FC(F)(F)c1cc(Cl)cc(NCc2c(Cl)cccc2Cl)c1. The third-order valence-electron chi connectivity index (χ3n) is 2.76. The highest BCUT2D eigenvalue weighted by molar-refractivity contribution is 6.36. The van der Waals surface area contributed by atoms with Crippen molar-refractivity contribution < 1.29 is 13.2 Å². The number of halogens is 6. The molecule has 0 aliphatic carbocycles. The van der Waals surface area contributed by atoms with Crippen molar-refractivity contribution in [3.05, 3.63) is 62.6 Å². The van der Waals surface area contributed by atoms with Gasteiger partial charge in [0, 0.05) is 32.9 Å². The van der Waals surface area contributed by atoms with Crippen LogP contribution in [-0.2, 0) is 12.7 Å². The van der Waals surface area contributed by atoms with Crippen LogP contribution in [-0.4, -0.2) is 0 Å². The zero-order valence-corrected chi connectivity index (χ0v) is 12.7. The zero-order valence-electron chi connectivity index (χ0n) is 10.4. The summed E-state index contributed by atoms with van der Waals surface area (Å²) in [5, 5.41) is 3.72. The van der Waals surface area contributed by atoms with Gasteiger partial charge in [0.15, 0.2) is 0 Å². The maximum absolute atomic E-state index is 12.7. The van der Waals surface area contributed by atoms with E-state index in [1.165, 1.54) is 6.07 Å². The van der Waals surface area contributed by atoms with E-state index in [9.17, 15) is 13.2 Å². The second-order valence-electron chi connectivity index (χ2n) is 4.28. The summed E-state index contributed by atoms with van der Waals surface area (Å²) in [6.07, 6.45) is -4.45. The van der Waals surface area contributed by atoms with Gasteiger partial charge in [-0.25, -0.2) is 0 Å². The minimum Gasteiger partial charge on any atom is -0.381 e. The summed E-state index contributed by atoms with van der Waals surface area (Å²) in [5.74, 6) is 0. The number of benzene rings is 2. The molecule has 0 atom stereocenters. The van der Waals surface area contributed by atoms with Crippen LogP contribution in [0.3, 0.4) is 0 Å². The predicted octanol–water partition coefficient (Wildman–Crippen LogP) is 6.28. The van der Waals surface area contributed by atoms with Gasteiger partial charge in [-0.3, -0.25) is 0 Å². The standard InChI is InChI=1S/C14H9Cl3F3N/c15-9-4-8(14(18,19)20)5-10(6-9)21-7-11-12(16)2-1-3-13(11)17/h1-6,21H,7H2. The molecule has 0 saturated carbocycles. The Labute approximate surface area is 134 Å². The molecular weight excluding hydrogens is 346 g/mol. The number of alkyl halides is 3. The highest BCUT2D eigenvalue weighted by Crippen LogP contribution is 2.33. The molecule has 7 heteroatoms. The molecule has 0 fully saturated rings. The van der Waals surface area contributed by atoms with Crippen molar-refractivity contribution in [3.8, 4) is 0 Å². The van der Waals surface area contributed by atoms with Gasteiger partial charge in [-0.05, 0) is 30.3 Å². The van der Waals surface area contributed by atoms with Crippen LogP contribution in [0.5, 0.6) is 0 Å². The Morgan fingerprint density at radius 2 is 1.57 bits per heavy atom. The molecule has 0 amide bonds. The van der Waals surface area contributed by atoms with Crippen LogP contribution in [0.4, 0.5) is 18.9 Å². The molecular formula is C14H9Cl3F3N. The minimum atomic E-state index is -4.45. The van der Waals surface area contributed by atoms with Gasteiger partial charge < -0.3 is 5.32 Å². The zero-order chi connectivity index (χ0) is 15.6. The number of hydrogen-bond donors (Lipinski definition) is 1. The van der Waals surface area contributed by atoms with Gasteiger partial charge in [-0.2, -0.15) is 13.2 Å². The fraction of sp³-hybridized carbons (Fsp3) is 0.143. The van der Waals surface area contributed by atoms with Crippen LogP contribution in [0.2, 0.25) is 15.1 Å². The number of nitrogens with one attached hydrogen (secondary N) is 1. The van der Waals surface area contributed by atoms with Crippen molar-refractivity contribution in [2.75, 3.05) is 5.32 Å². The van der Waals surface area contributed by atoms with E-state index in [0.717, 1.165) is 12.1 Å². The second-order valence-corrected chi connectivity index (χ2v) is 5.53. The van der Waals surface area contributed by atoms with Crippen molar-refractivity contribution in [3.63, 3.8) is 0 Å². The third kappa shape index (κ3) is 4.19.